The van der Waals surface area contributed by atoms with Crippen molar-refractivity contribution in [2.75, 3.05) is 46.4 Å². The monoisotopic (exact) mass is 366 g/mol. The number of likely N-dealkylation sites (tertiary alicyclic amines) is 1. The molecule has 1 aromatic carbocycles. The lowest BCUT2D eigenvalue weighted by Gasteiger charge is -2.32. The molecule has 0 saturated carbocycles. The Balaban J connectivity index is 1.65. The van der Waals surface area contributed by atoms with E-state index in [0.717, 1.165) is 50.3 Å². The summed E-state index contributed by atoms with van der Waals surface area (Å²) in [6.45, 7) is 8.39. The van der Waals surface area contributed by atoms with Crippen molar-refractivity contribution in [3.8, 4) is 0 Å². The van der Waals surface area contributed by atoms with Crippen LogP contribution in [0.5, 0.6) is 0 Å². The van der Waals surface area contributed by atoms with Crippen molar-refractivity contribution in [1.29, 1.82) is 0 Å². The summed E-state index contributed by atoms with van der Waals surface area (Å²) in [6, 6.07) is 8.13. The Hall–Kier alpha value is -1.30. The van der Waals surface area contributed by atoms with Gasteiger partial charge in [-0.3, -0.25) is 9.89 Å². The molecule has 1 saturated heterocycles. The van der Waals surface area contributed by atoms with Gasteiger partial charge in [0.25, 0.3) is 0 Å². The van der Waals surface area contributed by atoms with Crippen molar-refractivity contribution in [1.82, 2.24) is 15.5 Å². The highest BCUT2D eigenvalue weighted by Crippen LogP contribution is 2.21. The normalized spacial score (nSPS) is 16.8. The van der Waals surface area contributed by atoms with Crippen LogP contribution in [0.2, 0.25) is 5.02 Å². The minimum atomic E-state index is 0.688. The molecule has 6 heteroatoms. The van der Waals surface area contributed by atoms with E-state index in [1.54, 1.807) is 0 Å². The topological polar surface area (TPSA) is 48.9 Å². The van der Waals surface area contributed by atoms with E-state index in [1.165, 1.54) is 18.4 Å². The second-order valence-electron chi connectivity index (χ2n) is 6.39. The lowest BCUT2D eigenvalue weighted by atomic mass is 9.96. The standard InChI is InChI=1S/C19H31ClN4O/c1-3-25-13-10-22-19(21-2)23-14-16-8-11-24(12-9-16)15-17-6-4-5-7-18(17)20/h4-7,16H,3,8-15H2,1-2H3,(H2,21,22,23). The van der Waals surface area contributed by atoms with E-state index < -0.39 is 0 Å². The van der Waals surface area contributed by atoms with Gasteiger partial charge in [-0.15, -0.1) is 0 Å². The zero-order valence-corrected chi connectivity index (χ0v) is 16.2. The Labute approximate surface area is 156 Å². The number of guanidine groups is 1. The van der Waals surface area contributed by atoms with Gasteiger partial charge in [0.05, 0.1) is 6.61 Å². The maximum absolute atomic E-state index is 6.27. The summed E-state index contributed by atoms with van der Waals surface area (Å²) in [5, 5.41) is 7.58. The summed E-state index contributed by atoms with van der Waals surface area (Å²) in [5.41, 5.74) is 1.22. The summed E-state index contributed by atoms with van der Waals surface area (Å²) in [4.78, 5) is 6.76. The highest BCUT2D eigenvalue weighted by atomic mass is 35.5. The molecule has 140 valence electrons. The lowest BCUT2D eigenvalue weighted by molar-refractivity contribution is 0.152. The van der Waals surface area contributed by atoms with Crippen LogP contribution < -0.4 is 10.6 Å². The third-order valence-electron chi connectivity index (χ3n) is 4.58. The van der Waals surface area contributed by atoms with Crippen LogP contribution in [-0.2, 0) is 11.3 Å². The van der Waals surface area contributed by atoms with E-state index in [9.17, 15) is 0 Å². The first-order valence-electron chi connectivity index (χ1n) is 9.21. The molecular weight excluding hydrogens is 336 g/mol. The molecule has 0 radical (unpaired) electrons. The van der Waals surface area contributed by atoms with Gasteiger partial charge in [0.1, 0.15) is 0 Å². The Bertz CT molecular complexity index is 530. The molecule has 5 nitrogen and oxygen atoms in total. The van der Waals surface area contributed by atoms with Crippen molar-refractivity contribution in [2.45, 2.75) is 26.3 Å². The molecule has 2 N–H and O–H groups in total. The Morgan fingerprint density at radius 3 is 2.72 bits per heavy atom. The average Bonchev–Trinajstić information content (AvgIpc) is 2.64. The molecule has 0 bridgehead atoms. The van der Waals surface area contributed by atoms with Crippen molar-refractivity contribution in [3.05, 3.63) is 34.9 Å². The number of hydrogen-bond acceptors (Lipinski definition) is 3. The van der Waals surface area contributed by atoms with E-state index in [1.807, 2.05) is 26.1 Å². The Morgan fingerprint density at radius 2 is 2.04 bits per heavy atom. The largest absolute Gasteiger partial charge is 0.380 e. The highest BCUT2D eigenvalue weighted by molar-refractivity contribution is 6.31. The van der Waals surface area contributed by atoms with E-state index >= 15 is 0 Å². The molecule has 0 unspecified atom stereocenters. The number of nitrogens with one attached hydrogen (secondary N) is 2. The maximum Gasteiger partial charge on any atom is 0.191 e. The lowest BCUT2D eigenvalue weighted by Crippen LogP contribution is -2.43. The predicted molar refractivity (Wildman–Crippen MR) is 105 cm³/mol. The van der Waals surface area contributed by atoms with Crippen LogP contribution in [0.15, 0.2) is 29.3 Å². The molecule has 1 aliphatic heterocycles. The molecule has 25 heavy (non-hydrogen) atoms. The van der Waals surface area contributed by atoms with Crippen LogP contribution in [0.25, 0.3) is 0 Å². The summed E-state index contributed by atoms with van der Waals surface area (Å²) in [5.74, 6) is 1.55. The van der Waals surface area contributed by atoms with Gasteiger partial charge in [-0.05, 0) is 50.4 Å². The number of piperidine rings is 1. The van der Waals surface area contributed by atoms with Crippen LogP contribution in [0, 0.1) is 5.92 Å². The van der Waals surface area contributed by atoms with E-state index in [-0.39, 0.29) is 0 Å². The van der Waals surface area contributed by atoms with Crippen molar-refractivity contribution < 1.29 is 4.74 Å². The van der Waals surface area contributed by atoms with Gasteiger partial charge in [-0.25, -0.2) is 0 Å². The minimum Gasteiger partial charge on any atom is -0.380 e. The molecule has 0 spiro atoms. The summed E-state index contributed by atoms with van der Waals surface area (Å²) in [7, 11) is 1.81. The van der Waals surface area contributed by atoms with Gasteiger partial charge in [-0.1, -0.05) is 29.8 Å². The second-order valence-corrected chi connectivity index (χ2v) is 6.79. The second kappa shape index (κ2) is 11.3. The van der Waals surface area contributed by atoms with Crippen molar-refractivity contribution in [2.24, 2.45) is 10.9 Å². The van der Waals surface area contributed by atoms with Crippen LogP contribution in [0.3, 0.4) is 0 Å². The summed E-state index contributed by atoms with van der Waals surface area (Å²) >= 11 is 6.27. The zero-order chi connectivity index (χ0) is 17.9. The number of nitrogens with zero attached hydrogens (tertiary/aromatic N) is 2. The maximum atomic E-state index is 6.27. The van der Waals surface area contributed by atoms with E-state index in [4.69, 9.17) is 16.3 Å². The quantitative estimate of drug-likeness (QED) is 0.422. The Morgan fingerprint density at radius 1 is 1.28 bits per heavy atom. The molecule has 1 heterocycles. The first-order chi connectivity index (χ1) is 12.2. The summed E-state index contributed by atoms with van der Waals surface area (Å²) in [6.07, 6.45) is 2.40. The average molecular weight is 367 g/mol. The summed E-state index contributed by atoms with van der Waals surface area (Å²) < 4.78 is 5.33. The first kappa shape index (κ1) is 20.0. The third-order valence-corrected chi connectivity index (χ3v) is 4.95. The first-order valence-corrected chi connectivity index (χ1v) is 9.58. The molecular formula is C19H31ClN4O. The molecule has 0 aliphatic carbocycles. The fraction of sp³-hybridized carbons (Fsp3) is 0.632. The number of aliphatic imine (C=N–C) groups is 1. The van der Waals surface area contributed by atoms with Gasteiger partial charge in [0, 0.05) is 38.3 Å². The van der Waals surface area contributed by atoms with Crippen LogP contribution >= 0.6 is 11.6 Å². The van der Waals surface area contributed by atoms with Crippen LogP contribution in [0.1, 0.15) is 25.3 Å². The number of ether oxygens (including phenoxy) is 1. The molecule has 0 amide bonds. The third kappa shape index (κ3) is 7.22. The van der Waals surface area contributed by atoms with Gasteiger partial charge in [0.2, 0.25) is 0 Å². The number of benzene rings is 1. The van der Waals surface area contributed by atoms with Crippen molar-refractivity contribution >= 4 is 17.6 Å². The molecule has 0 aromatic heterocycles. The predicted octanol–water partition coefficient (Wildman–Crippen LogP) is 2.75. The molecule has 0 atom stereocenters. The molecule has 2 rings (SSSR count). The molecule has 1 aromatic rings. The minimum absolute atomic E-state index is 0.688. The van der Waals surface area contributed by atoms with Gasteiger partial charge in [-0.2, -0.15) is 0 Å². The number of halogens is 1. The van der Waals surface area contributed by atoms with E-state index in [0.29, 0.717) is 12.5 Å². The van der Waals surface area contributed by atoms with Gasteiger partial charge < -0.3 is 15.4 Å². The Kier molecular flexibility index (Phi) is 9.08. The van der Waals surface area contributed by atoms with E-state index in [2.05, 4.69) is 32.7 Å². The fourth-order valence-electron chi connectivity index (χ4n) is 3.06. The highest BCUT2D eigenvalue weighted by Gasteiger charge is 2.20. The van der Waals surface area contributed by atoms with Crippen molar-refractivity contribution in [3.63, 3.8) is 0 Å². The van der Waals surface area contributed by atoms with Gasteiger partial charge in [0.15, 0.2) is 5.96 Å². The SMILES string of the molecule is CCOCCNC(=NC)NCC1CCN(Cc2ccccc2Cl)CC1. The smallest absolute Gasteiger partial charge is 0.191 e. The van der Waals surface area contributed by atoms with Gasteiger partial charge >= 0.3 is 0 Å². The number of rotatable bonds is 8. The zero-order valence-electron chi connectivity index (χ0n) is 15.4. The van der Waals surface area contributed by atoms with Crippen LogP contribution in [0.4, 0.5) is 0 Å². The molecule has 1 fully saturated rings. The molecule has 1 aliphatic rings. The number of hydrogen-bond donors (Lipinski definition) is 2. The van der Waals surface area contributed by atoms with Crippen LogP contribution in [-0.4, -0.2) is 57.3 Å². The fourth-order valence-corrected chi connectivity index (χ4v) is 3.26.